The molecule has 152 valence electrons. The molecule has 0 radical (unpaired) electrons. The molecule has 0 aliphatic heterocycles. The van der Waals surface area contributed by atoms with Gasteiger partial charge in [-0.1, -0.05) is 54.6 Å². The van der Waals surface area contributed by atoms with Crippen LogP contribution in [-0.4, -0.2) is 19.0 Å². The molecular formula is C24H24N4OS. The normalized spacial score (nSPS) is 11.9. The van der Waals surface area contributed by atoms with Crippen LogP contribution >= 0.6 is 11.3 Å². The lowest BCUT2D eigenvalue weighted by Gasteiger charge is -2.21. The number of nitrogens with one attached hydrogen (secondary N) is 3. The Balaban J connectivity index is 1.50. The minimum absolute atomic E-state index is 0.0791. The topological polar surface area (TPSA) is 83.2 Å². The molecule has 0 spiro atoms. The predicted molar refractivity (Wildman–Crippen MR) is 126 cm³/mol. The second kappa shape index (κ2) is 9.43. The van der Waals surface area contributed by atoms with Gasteiger partial charge in [-0.2, -0.15) is 0 Å². The maximum absolute atomic E-state index is 7.73. The molecule has 0 saturated carbocycles. The SMILES string of the molecule is N=C(N)c1cc2c(OC(CNCNc3ccccc3)c3ccccc3)cccc2s1. The zero-order valence-electron chi connectivity index (χ0n) is 16.5. The lowest BCUT2D eigenvalue weighted by atomic mass is 10.1. The fourth-order valence-corrected chi connectivity index (χ4v) is 4.18. The fourth-order valence-electron chi connectivity index (χ4n) is 3.24. The molecule has 0 fully saturated rings. The summed E-state index contributed by atoms with van der Waals surface area (Å²) in [5.74, 6) is 0.873. The molecule has 30 heavy (non-hydrogen) atoms. The molecule has 5 nitrogen and oxygen atoms in total. The van der Waals surface area contributed by atoms with E-state index >= 15 is 0 Å². The second-order valence-corrected chi connectivity index (χ2v) is 7.97. The van der Waals surface area contributed by atoms with Gasteiger partial charge in [-0.05, 0) is 35.9 Å². The van der Waals surface area contributed by atoms with Gasteiger partial charge in [-0.3, -0.25) is 10.7 Å². The van der Waals surface area contributed by atoms with Crippen molar-refractivity contribution in [2.24, 2.45) is 5.73 Å². The highest BCUT2D eigenvalue weighted by Gasteiger charge is 2.16. The summed E-state index contributed by atoms with van der Waals surface area (Å²) in [6, 6.07) is 28.2. The van der Waals surface area contributed by atoms with Gasteiger partial charge in [-0.25, -0.2) is 0 Å². The van der Waals surface area contributed by atoms with Crippen LogP contribution in [0.1, 0.15) is 16.5 Å². The molecule has 1 unspecified atom stereocenters. The molecule has 1 atom stereocenters. The number of fused-ring (bicyclic) bond motifs is 1. The van der Waals surface area contributed by atoms with E-state index in [0.29, 0.717) is 13.2 Å². The molecule has 5 N–H and O–H groups in total. The number of hydrogen-bond acceptors (Lipinski definition) is 5. The molecule has 1 aromatic heterocycles. The molecule has 0 aliphatic rings. The number of hydrogen-bond donors (Lipinski definition) is 4. The van der Waals surface area contributed by atoms with Gasteiger partial charge < -0.3 is 15.8 Å². The Labute approximate surface area is 180 Å². The first-order valence-electron chi connectivity index (χ1n) is 9.79. The predicted octanol–water partition coefficient (Wildman–Crippen LogP) is 4.96. The number of para-hydroxylation sites is 1. The Bertz CT molecular complexity index is 1110. The Hall–Kier alpha value is -3.35. The minimum atomic E-state index is -0.157. The van der Waals surface area contributed by atoms with Crippen LogP contribution in [0, 0.1) is 5.41 Å². The number of amidine groups is 1. The van der Waals surface area contributed by atoms with Crippen molar-refractivity contribution in [3.05, 3.63) is 95.4 Å². The number of benzene rings is 3. The van der Waals surface area contributed by atoms with E-state index in [2.05, 4.69) is 22.8 Å². The third-order valence-corrected chi connectivity index (χ3v) is 5.88. The summed E-state index contributed by atoms with van der Waals surface area (Å²) in [7, 11) is 0. The standard InChI is InChI=1S/C24H24N4OS/c25-24(26)23-14-19-20(12-7-13-22(19)30-23)29-21(17-8-3-1-4-9-17)15-27-16-28-18-10-5-2-6-11-18/h1-14,21,27-28H,15-16H2,(H3,25,26). The highest BCUT2D eigenvalue weighted by molar-refractivity contribution is 7.20. The van der Waals surface area contributed by atoms with Crippen LogP contribution in [0.5, 0.6) is 5.75 Å². The van der Waals surface area contributed by atoms with Gasteiger partial charge >= 0.3 is 0 Å². The molecule has 0 aliphatic carbocycles. The van der Waals surface area contributed by atoms with Crippen LogP contribution in [0.4, 0.5) is 5.69 Å². The Morgan fingerprint density at radius 1 is 0.967 bits per heavy atom. The quantitative estimate of drug-likeness (QED) is 0.134. The number of nitrogens with two attached hydrogens (primary N) is 1. The molecule has 0 bridgehead atoms. The van der Waals surface area contributed by atoms with E-state index in [1.807, 2.05) is 72.8 Å². The van der Waals surface area contributed by atoms with Crippen LogP contribution in [0.15, 0.2) is 84.9 Å². The molecule has 0 amide bonds. The molecule has 0 saturated heterocycles. The largest absolute Gasteiger partial charge is 0.484 e. The van der Waals surface area contributed by atoms with E-state index in [1.165, 1.54) is 11.3 Å². The number of nitrogen functional groups attached to an aromatic ring is 1. The maximum atomic E-state index is 7.73. The first-order valence-corrected chi connectivity index (χ1v) is 10.6. The first-order chi connectivity index (χ1) is 14.7. The Morgan fingerprint density at radius 2 is 1.70 bits per heavy atom. The summed E-state index contributed by atoms with van der Waals surface area (Å²) in [5, 5.41) is 15.5. The van der Waals surface area contributed by atoms with E-state index in [1.54, 1.807) is 0 Å². The van der Waals surface area contributed by atoms with Gasteiger partial charge in [0.15, 0.2) is 0 Å². The van der Waals surface area contributed by atoms with E-state index in [0.717, 1.165) is 32.0 Å². The molecule has 6 heteroatoms. The second-order valence-electron chi connectivity index (χ2n) is 6.88. The van der Waals surface area contributed by atoms with Gasteiger partial charge in [0, 0.05) is 22.3 Å². The zero-order valence-corrected chi connectivity index (χ0v) is 17.3. The highest BCUT2D eigenvalue weighted by Crippen LogP contribution is 2.34. The number of thiophene rings is 1. The van der Waals surface area contributed by atoms with Crippen LogP contribution in [-0.2, 0) is 0 Å². The van der Waals surface area contributed by atoms with E-state index < -0.39 is 0 Å². The van der Waals surface area contributed by atoms with Crippen LogP contribution in [0.2, 0.25) is 0 Å². The lowest BCUT2D eigenvalue weighted by molar-refractivity contribution is 0.205. The first kappa shape index (κ1) is 19.9. The number of rotatable bonds is 9. The van der Waals surface area contributed by atoms with Crippen molar-refractivity contribution in [3.63, 3.8) is 0 Å². The Kier molecular flexibility index (Phi) is 6.27. The van der Waals surface area contributed by atoms with Gasteiger partial charge in [-0.15, -0.1) is 11.3 Å². The highest BCUT2D eigenvalue weighted by atomic mass is 32.1. The third kappa shape index (κ3) is 4.79. The van der Waals surface area contributed by atoms with Crippen molar-refractivity contribution < 1.29 is 4.74 Å². The van der Waals surface area contributed by atoms with Crippen molar-refractivity contribution in [2.45, 2.75) is 6.10 Å². The van der Waals surface area contributed by atoms with Gasteiger partial charge in [0.1, 0.15) is 17.7 Å². The van der Waals surface area contributed by atoms with E-state index in [9.17, 15) is 0 Å². The summed E-state index contributed by atoms with van der Waals surface area (Å²) in [6.07, 6.45) is -0.157. The minimum Gasteiger partial charge on any atom is -0.484 e. The van der Waals surface area contributed by atoms with Crippen molar-refractivity contribution >= 4 is 32.9 Å². The van der Waals surface area contributed by atoms with Crippen molar-refractivity contribution in [3.8, 4) is 5.75 Å². The summed E-state index contributed by atoms with van der Waals surface area (Å²) in [5.41, 5.74) is 7.86. The van der Waals surface area contributed by atoms with Crippen molar-refractivity contribution in [1.29, 1.82) is 5.41 Å². The fraction of sp³-hybridized carbons (Fsp3) is 0.125. The molecule has 4 aromatic rings. The van der Waals surface area contributed by atoms with Crippen LogP contribution in [0.25, 0.3) is 10.1 Å². The van der Waals surface area contributed by atoms with Crippen LogP contribution in [0.3, 0.4) is 0 Å². The molecule has 3 aromatic carbocycles. The van der Waals surface area contributed by atoms with E-state index in [-0.39, 0.29) is 11.9 Å². The number of ether oxygens (including phenoxy) is 1. The van der Waals surface area contributed by atoms with Gasteiger partial charge in [0.05, 0.1) is 11.5 Å². The monoisotopic (exact) mass is 416 g/mol. The average Bonchev–Trinajstić information content (AvgIpc) is 3.23. The van der Waals surface area contributed by atoms with Crippen LogP contribution < -0.4 is 21.1 Å². The Morgan fingerprint density at radius 3 is 2.43 bits per heavy atom. The molecule has 4 rings (SSSR count). The molecular weight excluding hydrogens is 392 g/mol. The summed E-state index contributed by atoms with van der Waals surface area (Å²) < 4.78 is 7.52. The van der Waals surface area contributed by atoms with Gasteiger partial charge in [0.25, 0.3) is 0 Å². The van der Waals surface area contributed by atoms with Gasteiger partial charge in [0.2, 0.25) is 0 Å². The number of anilines is 1. The van der Waals surface area contributed by atoms with Crippen molar-refractivity contribution in [2.75, 3.05) is 18.5 Å². The average molecular weight is 417 g/mol. The smallest absolute Gasteiger partial charge is 0.136 e. The lowest BCUT2D eigenvalue weighted by Crippen LogP contribution is -2.29. The zero-order chi connectivity index (χ0) is 20.8. The third-order valence-electron chi connectivity index (χ3n) is 4.75. The van der Waals surface area contributed by atoms with Crippen molar-refractivity contribution in [1.82, 2.24) is 5.32 Å². The summed E-state index contributed by atoms with van der Waals surface area (Å²) in [4.78, 5) is 0.752. The summed E-state index contributed by atoms with van der Waals surface area (Å²) in [6.45, 7) is 1.28. The summed E-state index contributed by atoms with van der Waals surface area (Å²) >= 11 is 1.51. The molecule has 1 heterocycles. The maximum Gasteiger partial charge on any atom is 0.136 e. The van der Waals surface area contributed by atoms with E-state index in [4.69, 9.17) is 15.9 Å².